The molecule has 3 aromatic rings. The highest BCUT2D eigenvalue weighted by Gasteiger charge is 2.22. The molecule has 2 aromatic carbocycles. The number of amides is 3. The van der Waals surface area contributed by atoms with Crippen LogP contribution in [0.25, 0.3) is 17.1 Å². The summed E-state index contributed by atoms with van der Waals surface area (Å²) in [5.74, 6) is 1.49. The van der Waals surface area contributed by atoms with E-state index in [-0.39, 0.29) is 0 Å². The number of urea groups is 1. The van der Waals surface area contributed by atoms with Gasteiger partial charge in [-0.05, 0) is 50.2 Å². The van der Waals surface area contributed by atoms with Gasteiger partial charge in [-0.3, -0.25) is 14.7 Å². The number of carbonyl (C=O) groups is 2. The molecule has 3 rings (SSSR count). The van der Waals surface area contributed by atoms with Gasteiger partial charge < -0.3 is 15.2 Å². The summed E-state index contributed by atoms with van der Waals surface area (Å²) in [4.78, 5) is 23.2. The van der Waals surface area contributed by atoms with Gasteiger partial charge in [0.1, 0.15) is 11.5 Å². The molecule has 1 unspecified atom stereocenters. The van der Waals surface area contributed by atoms with Crippen molar-refractivity contribution in [2.24, 2.45) is 5.73 Å². The summed E-state index contributed by atoms with van der Waals surface area (Å²) in [7, 11) is 1.59. The topological polar surface area (TPSA) is 121 Å². The summed E-state index contributed by atoms with van der Waals surface area (Å²) in [6.07, 6.45) is 0. The molecule has 3 amide bonds. The number of ether oxygens (including phenoxy) is 2. The van der Waals surface area contributed by atoms with E-state index in [2.05, 4.69) is 15.5 Å². The van der Waals surface area contributed by atoms with E-state index in [9.17, 15) is 9.59 Å². The molecule has 1 atom stereocenters. The second-order valence-electron chi connectivity index (χ2n) is 6.41. The molecule has 0 aliphatic carbocycles. The lowest BCUT2D eigenvalue weighted by molar-refractivity contribution is -0.119. The lowest BCUT2D eigenvalue weighted by atomic mass is 10.2. The van der Waals surface area contributed by atoms with E-state index >= 15 is 0 Å². The Kier molecular flexibility index (Phi) is 7.14. The fourth-order valence-corrected chi connectivity index (χ4v) is 3.69. The Morgan fingerprint density at radius 3 is 2.55 bits per heavy atom. The van der Waals surface area contributed by atoms with Crippen molar-refractivity contribution < 1.29 is 19.1 Å². The number of carbonyl (C=O) groups excluding carboxylic acids is 2. The van der Waals surface area contributed by atoms with Crippen LogP contribution >= 0.6 is 11.8 Å². The molecule has 1 aromatic heterocycles. The monoisotopic (exact) mass is 441 g/mol. The van der Waals surface area contributed by atoms with Crippen molar-refractivity contribution in [3.63, 3.8) is 0 Å². The third-order valence-electron chi connectivity index (χ3n) is 4.27. The molecule has 0 saturated carbocycles. The Morgan fingerprint density at radius 2 is 1.90 bits per heavy atom. The Hall–Kier alpha value is -3.53. The molecule has 0 saturated heterocycles. The Morgan fingerprint density at radius 1 is 1.16 bits per heavy atom. The normalized spacial score (nSPS) is 11.6. The first kappa shape index (κ1) is 22.2. The molecule has 0 bridgehead atoms. The number of thioether (sulfide) groups is 1. The fourth-order valence-electron chi connectivity index (χ4n) is 2.82. The summed E-state index contributed by atoms with van der Waals surface area (Å²) in [5.41, 5.74) is 6.64. The number of primary amides is 1. The molecule has 9 nitrogen and oxygen atoms in total. The summed E-state index contributed by atoms with van der Waals surface area (Å²) >= 11 is 1.16. The molecule has 3 N–H and O–H groups in total. The molecule has 0 radical (unpaired) electrons. The molecule has 162 valence electrons. The maximum Gasteiger partial charge on any atom is 0.318 e. The summed E-state index contributed by atoms with van der Waals surface area (Å²) in [5, 5.41) is 10.6. The van der Waals surface area contributed by atoms with Crippen molar-refractivity contribution in [3.8, 4) is 28.6 Å². The average molecular weight is 442 g/mol. The van der Waals surface area contributed by atoms with Crippen LogP contribution in [0.2, 0.25) is 0 Å². The number of rotatable bonds is 8. The molecular weight excluding hydrogens is 418 g/mol. The minimum Gasteiger partial charge on any atom is -0.497 e. The van der Waals surface area contributed by atoms with Crippen LogP contribution in [0, 0.1) is 0 Å². The number of hydrogen-bond donors (Lipinski definition) is 2. The fraction of sp³-hybridized carbons (Fsp3) is 0.238. The Labute approximate surface area is 183 Å². The van der Waals surface area contributed by atoms with Gasteiger partial charge in [0.2, 0.25) is 5.91 Å². The van der Waals surface area contributed by atoms with Gasteiger partial charge in [-0.2, -0.15) is 0 Å². The van der Waals surface area contributed by atoms with Gasteiger partial charge in [-0.1, -0.05) is 23.9 Å². The summed E-state index contributed by atoms with van der Waals surface area (Å²) in [6, 6.07) is 14.0. The number of hydrogen-bond acceptors (Lipinski definition) is 7. The number of methoxy groups -OCH3 is 1. The second-order valence-corrected chi connectivity index (χ2v) is 7.72. The largest absolute Gasteiger partial charge is 0.497 e. The minimum absolute atomic E-state index is 0.481. The number of nitrogens with zero attached hydrogens (tertiary/aromatic N) is 3. The number of benzene rings is 2. The number of nitrogens with one attached hydrogen (secondary N) is 1. The zero-order valence-electron chi connectivity index (χ0n) is 17.4. The first-order valence-electron chi connectivity index (χ1n) is 9.53. The zero-order valence-corrected chi connectivity index (χ0v) is 18.2. The molecule has 0 spiro atoms. The maximum atomic E-state index is 12.2. The predicted octanol–water partition coefficient (Wildman–Crippen LogP) is 3.02. The van der Waals surface area contributed by atoms with E-state index in [1.165, 1.54) is 0 Å². The van der Waals surface area contributed by atoms with Crippen molar-refractivity contribution in [3.05, 3.63) is 48.5 Å². The van der Waals surface area contributed by atoms with Crippen LogP contribution in [0.15, 0.2) is 53.7 Å². The maximum absolute atomic E-state index is 12.2. The quantitative estimate of drug-likeness (QED) is 0.515. The zero-order chi connectivity index (χ0) is 22.4. The molecular formula is C21H23N5O4S. The highest BCUT2D eigenvalue weighted by molar-refractivity contribution is 8.00. The number of nitrogens with two attached hydrogens (primary N) is 1. The molecule has 1 heterocycles. The number of aromatic nitrogens is 3. The van der Waals surface area contributed by atoms with Crippen molar-refractivity contribution >= 4 is 23.7 Å². The van der Waals surface area contributed by atoms with Crippen molar-refractivity contribution in [2.45, 2.75) is 24.3 Å². The Balaban J connectivity index is 2.03. The lowest BCUT2D eigenvalue weighted by Gasteiger charge is -2.14. The van der Waals surface area contributed by atoms with Crippen molar-refractivity contribution in [2.75, 3.05) is 13.7 Å². The van der Waals surface area contributed by atoms with E-state index in [0.717, 1.165) is 28.8 Å². The highest BCUT2D eigenvalue weighted by atomic mass is 32.2. The van der Waals surface area contributed by atoms with Gasteiger partial charge in [0.05, 0.1) is 19.0 Å². The predicted molar refractivity (Wildman–Crippen MR) is 118 cm³/mol. The van der Waals surface area contributed by atoms with Crippen LogP contribution in [-0.2, 0) is 4.79 Å². The van der Waals surface area contributed by atoms with Crippen LogP contribution in [0.1, 0.15) is 13.8 Å². The third kappa shape index (κ3) is 5.34. The van der Waals surface area contributed by atoms with Crippen LogP contribution in [0.4, 0.5) is 4.79 Å². The molecule has 31 heavy (non-hydrogen) atoms. The van der Waals surface area contributed by atoms with Crippen molar-refractivity contribution in [1.29, 1.82) is 0 Å². The standard InChI is InChI=1S/C21H23N5O4S/c1-4-30-16-10-8-15(9-11-16)26-18(14-6-5-7-17(12-14)29-3)24-25-21(26)31-13(2)19(27)23-20(22)28/h5-13H,4H2,1-3H3,(H3,22,23,27,28). The van der Waals surface area contributed by atoms with Gasteiger partial charge >= 0.3 is 6.03 Å². The van der Waals surface area contributed by atoms with Gasteiger partial charge in [-0.25, -0.2) is 4.79 Å². The highest BCUT2D eigenvalue weighted by Crippen LogP contribution is 2.32. The van der Waals surface area contributed by atoms with E-state index in [1.54, 1.807) is 14.0 Å². The Bertz CT molecular complexity index is 1070. The SMILES string of the molecule is CCOc1ccc(-n2c(SC(C)C(=O)NC(N)=O)nnc2-c2cccc(OC)c2)cc1. The molecule has 0 fully saturated rings. The van der Waals surface area contributed by atoms with Crippen LogP contribution in [-0.4, -0.2) is 45.7 Å². The number of imide groups is 1. The first-order chi connectivity index (χ1) is 14.9. The van der Waals surface area contributed by atoms with E-state index in [4.69, 9.17) is 15.2 Å². The van der Waals surface area contributed by atoms with Gasteiger partial charge in [-0.15, -0.1) is 10.2 Å². The van der Waals surface area contributed by atoms with Gasteiger partial charge in [0, 0.05) is 11.3 Å². The average Bonchev–Trinajstić information content (AvgIpc) is 3.17. The second kappa shape index (κ2) is 9.98. The smallest absolute Gasteiger partial charge is 0.318 e. The van der Waals surface area contributed by atoms with Crippen LogP contribution < -0.4 is 20.5 Å². The minimum atomic E-state index is -0.900. The molecule has 10 heteroatoms. The summed E-state index contributed by atoms with van der Waals surface area (Å²) < 4.78 is 12.7. The van der Waals surface area contributed by atoms with E-state index in [1.807, 2.05) is 60.0 Å². The van der Waals surface area contributed by atoms with Crippen molar-refractivity contribution in [1.82, 2.24) is 20.1 Å². The molecule has 0 aliphatic rings. The third-order valence-corrected chi connectivity index (χ3v) is 5.31. The first-order valence-corrected chi connectivity index (χ1v) is 10.4. The van der Waals surface area contributed by atoms with Crippen LogP contribution in [0.3, 0.4) is 0 Å². The lowest BCUT2D eigenvalue weighted by Crippen LogP contribution is -2.39. The van der Waals surface area contributed by atoms with Crippen LogP contribution in [0.5, 0.6) is 11.5 Å². The van der Waals surface area contributed by atoms with E-state index in [0.29, 0.717) is 23.3 Å². The molecule has 0 aliphatic heterocycles. The summed E-state index contributed by atoms with van der Waals surface area (Å²) in [6.45, 7) is 4.14. The van der Waals surface area contributed by atoms with Gasteiger partial charge in [0.15, 0.2) is 11.0 Å². The van der Waals surface area contributed by atoms with Gasteiger partial charge in [0.25, 0.3) is 0 Å². The van der Waals surface area contributed by atoms with E-state index < -0.39 is 17.2 Å².